The molecule has 1 aliphatic heterocycles. The maximum atomic E-state index is 11.7. The van der Waals surface area contributed by atoms with Crippen LogP contribution in [0.2, 0.25) is 0 Å². The minimum atomic E-state index is -0.346. The number of nitrogens with zero attached hydrogens (tertiary/aromatic N) is 1. The van der Waals surface area contributed by atoms with Gasteiger partial charge >= 0.3 is 0 Å². The van der Waals surface area contributed by atoms with E-state index >= 15 is 0 Å². The van der Waals surface area contributed by atoms with Crippen molar-refractivity contribution in [1.82, 2.24) is 4.90 Å². The monoisotopic (exact) mass is 237 g/mol. The highest BCUT2D eigenvalue weighted by Gasteiger charge is 2.22. The second kappa shape index (κ2) is 4.80. The lowest BCUT2D eigenvalue weighted by atomic mass is 10.3. The van der Waals surface area contributed by atoms with Gasteiger partial charge in [-0.2, -0.15) is 0 Å². The molecule has 0 unspecified atom stereocenters. The summed E-state index contributed by atoms with van der Waals surface area (Å²) in [7, 11) is 0. The molecule has 1 amide bonds. The van der Waals surface area contributed by atoms with E-state index in [1.54, 1.807) is 22.3 Å². The zero-order chi connectivity index (χ0) is 11.5. The first-order valence-corrected chi connectivity index (χ1v) is 6.24. The molecule has 1 saturated heterocycles. The Morgan fingerprint density at radius 2 is 2.50 bits per heavy atom. The van der Waals surface area contributed by atoms with Crippen LogP contribution in [0.5, 0.6) is 0 Å². The van der Waals surface area contributed by atoms with Crippen LogP contribution < -0.4 is 0 Å². The molecule has 1 atom stereocenters. The van der Waals surface area contributed by atoms with Gasteiger partial charge in [-0.3, -0.25) is 4.79 Å². The first-order valence-electron chi connectivity index (χ1n) is 5.36. The van der Waals surface area contributed by atoms with Crippen molar-refractivity contribution in [2.75, 3.05) is 13.1 Å². The zero-order valence-electron chi connectivity index (χ0n) is 9.22. The van der Waals surface area contributed by atoms with Gasteiger partial charge in [0.1, 0.15) is 0 Å². The maximum absolute atomic E-state index is 11.7. The number of hydrogen-bond acceptors (Lipinski definition) is 3. The molecule has 86 valence electrons. The fourth-order valence-electron chi connectivity index (χ4n) is 1.75. The molecule has 2 heterocycles. The number of aryl methyl sites for hydroxylation is 1. The Bertz CT molecular complexity index is 411. The SMILES string of the molecule is Cc1ccsc1C=CC(=O)N1CC[C@@H](O)C1. The van der Waals surface area contributed by atoms with Gasteiger partial charge in [-0.1, -0.05) is 0 Å². The van der Waals surface area contributed by atoms with Crippen LogP contribution in [0.3, 0.4) is 0 Å². The van der Waals surface area contributed by atoms with Crippen LogP contribution in [-0.2, 0) is 4.79 Å². The van der Waals surface area contributed by atoms with Crippen molar-refractivity contribution in [2.24, 2.45) is 0 Å². The number of carbonyl (C=O) groups excluding carboxylic acids is 1. The fourth-order valence-corrected chi connectivity index (χ4v) is 2.57. The van der Waals surface area contributed by atoms with Gasteiger partial charge in [-0.15, -0.1) is 11.3 Å². The molecule has 2 rings (SSSR count). The predicted molar refractivity (Wildman–Crippen MR) is 65.3 cm³/mol. The Morgan fingerprint density at radius 3 is 3.06 bits per heavy atom. The Balaban J connectivity index is 1.97. The summed E-state index contributed by atoms with van der Waals surface area (Å²) in [6.07, 6.45) is 3.79. The summed E-state index contributed by atoms with van der Waals surface area (Å²) in [5.74, 6) is -0.00986. The lowest BCUT2D eigenvalue weighted by Crippen LogP contribution is -2.27. The minimum Gasteiger partial charge on any atom is -0.391 e. The van der Waals surface area contributed by atoms with E-state index in [1.165, 1.54) is 5.56 Å². The van der Waals surface area contributed by atoms with Crippen LogP contribution in [-0.4, -0.2) is 35.1 Å². The van der Waals surface area contributed by atoms with Crippen LogP contribution >= 0.6 is 11.3 Å². The standard InChI is InChI=1S/C12H15NO2S/c1-9-5-7-16-11(9)2-3-12(15)13-6-4-10(14)8-13/h2-3,5,7,10,14H,4,6,8H2,1H3/t10-/m1/s1. The topological polar surface area (TPSA) is 40.5 Å². The number of thiophene rings is 1. The van der Waals surface area contributed by atoms with Gasteiger partial charge in [0.25, 0.3) is 0 Å². The summed E-state index contributed by atoms with van der Waals surface area (Å²) in [5, 5.41) is 11.3. The highest BCUT2D eigenvalue weighted by atomic mass is 32.1. The van der Waals surface area contributed by atoms with Gasteiger partial charge in [-0.25, -0.2) is 0 Å². The van der Waals surface area contributed by atoms with Gasteiger partial charge < -0.3 is 10.0 Å². The van der Waals surface area contributed by atoms with Crippen molar-refractivity contribution in [3.05, 3.63) is 28.0 Å². The number of β-amino-alcohol motifs (C(OH)–C–C–N with tert-alkyl or cyclic N) is 1. The Hall–Kier alpha value is -1.13. The molecule has 1 aromatic heterocycles. The number of hydrogen-bond donors (Lipinski definition) is 1. The van der Waals surface area contributed by atoms with Crippen LogP contribution in [0.4, 0.5) is 0 Å². The molecule has 4 heteroatoms. The molecule has 0 aliphatic carbocycles. The zero-order valence-corrected chi connectivity index (χ0v) is 10.0. The Morgan fingerprint density at radius 1 is 1.69 bits per heavy atom. The van der Waals surface area contributed by atoms with Crippen molar-refractivity contribution in [3.8, 4) is 0 Å². The molecule has 0 spiro atoms. The summed E-state index contributed by atoms with van der Waals surface area (Å²) in [6.45, 7) is 3.15. The van der Waals surface area contributed by atoms with Gasteiger partial charge in [0, 0.05) is 24.0 Å². The summed E-state index contributed by atoms with van der Waals surface area (Å²) in [5.41, 5.74) is 1.19. The van der Waals surface area contributed by atoms with Gasteiger partial charge in [0.2, 0.25) is 5.91 Å². The number of aliphatic hydroxyl groups excluding tert-OH is 1. The average Bonchev–Trinajstić information content (AvgIpc) is 2.84. The molecule has 0 saturated carbocycles. The molecule has 1 aromatic rings. The molecule has 0 radical (unpaired) electrons. The largest absolute Gasteiger partial charge is 0.391 e. The summed E-state index contributed by atoms with van der Waals surface area (Å²) >= 11 is 1.63. The van der Waals surface area contributed by atoms with E-state index in [2.05, 4.69) is 0 Å². The number of rotatable bonds is 2. The third kappa shape index (κ3) is 2.51. The molecule has 16 heavy (non-hydrogen) atoms. The third-order valence-corrected chi connectivity index (χ3v) is 3.74. The molecule has 3 nitrogen and oxygen atoms in total. The minimum absolute atomic E-state index is 0.00986. The number of carbonyl (C=O) groups is 1. The quantitative estimate of drug-likeness (QED) is 0.795. The second-order valence-corrected chi connectivity index (χ2v) is 4.98. The summed E-state index contributed by atoms with van der Waals surface area (Å²) in [6, 6.07) is 2.04. The number of likely N-dealkylation sites (tertiary alicyclic amines) is 1. The first-order chi connectivity index (χ1) is 7.66. The normalized spacial score (nSPS) is 20.9. The number of amides is 1. The molecule has 1 N–H and O–H groups in total. The molecular weight excluding hydrogens is 222 g/mol. The Labute approximate surface area is 99.0 Å². The molecule has 1 aliphatic rings. The van der Waals surface area contributed by atoms with E-state index in [0.29, 0.717) is 19.5 Å². The third-order valence-electron chi connectivity index (χ3n) is 2.75. The smallest absolute Gasteiger partial charge is 0.246 e. The van der Waals surface area contributed by atoms with Crippen LogP contribution in [0, 0.1) is 6.92 Å². The maximum Gasteiger partial charge on any atom is 0.246 e. The first kappa shape index (κ1) is 11.4. The lowest BCUT2D eigenvalue weighted by molar-refractivity contribution is -0.125. The van der Waals surface area contributed by atoms with Gasteiger partial charge in [0.05, 0.1) is 6.10 Å². The van der Waals surface area contributed by atoms with Crippen molar-refractivity contribution < 1.29 is 9.90 Å². The molecule has 0 aromatic carbocycles. The Kier molecular flexibility index (Phi) is 3.41. The number of aliphatic hydroxyl groups is 1. The van der Waals surface area contributed by atoms with E-state index in [9.17, 15) is 9.90 Å². The molecule has 0 bridgehead atoms. The highest BCUT2D eigenvalue weighted by Crippen LogP contribution is 2.17. The van der Waals surface area contributed by atoms with Crippen LogP contribution in [0.15, 0.2) is 17.5 Å². The molecular formula is C12H15NO2S. The van der Waals surface area contributed by atoms with E-state index in [4.69, 9.17) is 0 Å². The predicted octanol–water partition coefficient (Wildman–Crippen LogP) is 1.66. The van der Waals surface area contributed by atoms with Crippen molar-refractivity contribution in [2.45, 2.75) is 19.4 Å². The lowest BCUT2D eigenvalue weighted by Gasteiger charge is -2.12. The van der Waals surface area contributed by atoms with Gasteiger partial charge in [-0.05, 0) is 36.4 Å². The fraction of sp³-hybridized carbons (Fsp3) is 0.417. The van der Waals surface area contributed by atoms with Gasteiger partial charge in [0.15, 0.2) is 0 Å². The van der Waals surface area contributed by atoms with Crippen molar-refractivity contribution >= 4 is 23.3 Å². The van der Waals surface area contributed by atoms with Crippen LogP contribution in [0.25, 0.3) is 6.08 Å². The van der Waals surface area contributed by atoms with E-state index < -0.39 is 0 Å². The van der Waals surface area contributed by atoms with E-state index in [0.717, 1.165) is 4.88 Å². The van der Waals surface area contributed by atoms with E-state index in [1.807, 2.05) is 24.4 Å². The van der Waals surface area contributed by atoms with E-state index in [-0.39, 0.29) is 12.0 Å². The van der Waals surface area contributed by atoms with Crippen molar-refractivity contribution in [1.29, 1.82) is 0 Å². The van der Waals surface area contributed by atoms with Crippen molar-refractivity contribution in [3.63, 3.8) is 0 Å². The average molecular weight is 237 g/mol. The summed E-state index contributed by atoms with van der Waals surface area (Å²) in [4.78, 5) is 14.5. The summed E-state index contributed by atoms with van der Waals surface area (Å²) < 4.78 is 0. The highest BCUT2D eigenvalue weighted by molar-refractivity contribution is 7.11. The van der Waals surface area contributed by atoms with Crippen LogP contribution in [0.1, 0.15) is 16.9 Å². The molecule has 1 fully saturated rings. The second-order valence-electron chi connectivity index (χ2n) is 4.03.